The van der Waals surface area contributed by atoms with Crippen LogP contribution in [0.3, 0.4) is 0 Å². The largest absolute Gasteiger partial charge is 0.478 e. The van der Waals surface area contributed by atoms with Gasteiger partial charge in [0.25, 0.3) is 10.0 Å². The van der Waals surface area contributed by atoms with Crippen molar-refractivity contribution in [3.05, 3.63) is 53.6 Å². The number of hydrogen-bond donors (Lipinski definition) is 2. The highest BCUT2D eigenvalue weighted by molar-refractivity contribution is 7.92. The molecular formula is C22H28N2O4S. The van der Waals surface area contributed by atoms with E-state index in [1.54, 1.807) is 42.5 Å². The van der Waals surface area contributed by atoms with Crippen molar-refractivity contribution in [3.8, 4) is 0 Å². The summed E-state index contributed by atoms with van der Waals surface area (Å²) in [5.74, 6) is -0.492. The molecule has 1 aliphatic heterocycles. The van der Waals surface area contributed by atoms with Crippen molar-refractivity contribution < 1.29 is 18.3 Å². The molecule has 1 heterocycles. The third-order valence-electron chi connectivity index (χ3n) is 5.40. The van der Waals surface area contributed by atoms with E-state index in [4.69, 9.17) is 0 Å². The second-order valence-electron chi connectivity index (χ2n) is 7.70. The fourth-order valence-corrected chi connectivity index (χ4v) is 4.67. The molecule has 2 aromatic carbocycles. The molecular weight excluding hydrogens is 388 g/mol. The summed E-state index contributed by atoms with van der Waals surface area (Å²) in [6.45, 7) is 6.02. The van der Waals surface area contributed by atoms with Crippen molar-refractivity contribution in [1.29, 1.82) is 0 Å². The molecule has 6 nitrogen and oxygen atoms in total. The van der Waals surface area contributed by atoms with Gasteiger partial charge in [0.2, 0.25) is 0 Å². The molecule has 0 radical (unpaired) electrons. The Morgan fingerprint density at radius 2 is 1.79 bits per heavy atom. The average Bonchev–Trinajstić information content (AvgIpc) is 2.69. The van der Waals surface area contributed by atoms with Crippen molar-refractivity contribution in [1.82, 2.24) is 0 Å². The van der Waals surface area contributed by atoms with Crippen LogP contribution in [0.5, 0.6) is 0 Å². The van der Waals surface area contributed by atoms with E-state index < -0.39 is 16.0 Å². The number of rotatable bonds is 7. The Hall–Kier alpha value is -2.54. The van der Waals surface area contributed by atoms with Crippen LogP contribution in [0.1, 0.15) is 49.0 Å². The molecule has 0 amide bonds. The molecule has 0 spiro atoms. The maximum atomic E-state index is 12.8. The molecule has 156 valence electrons. The van der Waals surface area contributed by atoms with Crippen molar-refractivity contribution in [2.75, 3.05) is 22.7 Å². The lowest BCUT2D eigenvalue weighted by Gasteiger charge is -2.32. The van der Waals surface area contributed by atoms with Crippen molar-refractivity contribution >= 4 is 27.4 Å². The standard InChI is InChI=1S/C22H28N2O4S/c1-3-4-17-5-8-19(9-6-17)29(27,28)23-21-10-7-18(15-20(21)22(25)26)24-13-11-16(2)12-14-24/h5-10,15-16,23H,3-4,11-14H2,1-2H3,(H,25,26). The van der Waals surface area contributed by atoms with E-state index in [9.17, 15) is 18.3 Å². The first-order valence-corrected chi connectivity index (χ1v) is 11.5. The van der Waals surface area contributed by atoms with E-state index in [1.807, 2.05) is 0 Å². The normalized spacial score (nSPS) is 15.3. The van der Waals surface area contributed by atoms with Gasteiger partial charge in [-0.1, -0.05) is 32.4 Å². The molecule has 3 rings (SSSR count). The topological polar surface area (TPSA) is 86.7 Å². The van der Waals surface area contributed by atoms with E-state index in [0.29, 0.717) is 5.92 Å². The summed E-state index contributed by atoms with van der Waals surface area (Å²) >= 11 is 0. The van der Waals surface area contributed by atoms with Crippen molar-refractivity contribution in [2.24, 2.45) is 5.92 Å². The molecule has 2 N–H and O–H groups in total. The number of nitrogens with one attached hydrogen (secondary N) is 1. The molecule has 0 unspecified atom stereocenters. The molecule has 7 heteroatoms. The zero-order valence-corrected chi connectivity index (χ0v) is 17.7. The number of aryl methyl sites for hydroxylation is 1. The number of carbonyl (C=O) groups is 1. The monoisotopic (exact) mass is 416 g/mol. The highest BCUT2D eigenvalue weighted by Crippen LogP contribution is 2.28. The number of nitrogens with zero attached hydrogens (tertiary/aromatic N) is 1. The maximum Gasteiger partial charge on any atom is 0.337 e. The second-order valence-corrected chi connectivity index (χ2v) is 9.39. The van der Waals surface area contributed by atoms with Crippen LogP contribution < -0.4 is 9.62 Å². The Bertz CT molecular complexity index is 963. The third-order valence-corrected chi connectivity index (χ3v) is 6.78. The Morgan fingerprint density at radius 1 is 1.14 bits per heavy atom. The quantitative estimate of drug-likeness (QED) is 0.700. The van der Waals surface area contributed by atoms with E-state index in [0.717, 1.165) is 50.0 Å². The summed E-state index contributed by atoms with van der Waals surface area (Å²) in [4.78, 5) is 14.1. The van der Waals surface area contributed by atoms with Gasteiger partial charge < -0.3 is 10.0 Å². The number of hydrogen-bond acceptors (Lipinski definition) is 4. The minimum atomic E-state index is -3.87. The summed E-state index contributed by atoms with van der Waals surface area (Å²) in [5.41, 5.74) is 1.90. The smallest absolute Gasteiger partial charge is 0.337 e. The van der Waals surface area contributed by atoms with Crippen molar-refractivity contribution in [3.63, 3.8) is 0 Å². The lowest BCUT2D eigenvalue weighted by atomic mass is 9.98. The van der Waals surface area contributed by atoms with Crippen LogP contribution in [0.15, 0.2) is 47.4 Å². The van der Waals surface area contributed by atoms with Gasteiger partial charge in [-0.15, -0.1) is 0 Å². The van der Waals surface area contributed by atoms with Crippen molar-refractivity contribution in [2.45, 2.75) is 44.4 Å². The summed E-state index contributed by atoms with van der Waals surface area (Å²) in [6.07, 6.45) is 3.98. The molecule has 0 bridgehead atoms. The van der Waals surface area contributed by atoms with Crippen LogP contribution >= 0.6 is 0 Å². The zero-order chi connectivity index (χ0) is 21.0. The Morgan fingerprint density at radius 3 is 2.38 bits per heavy atom. The summed E-state index contributed by atoms with van der Waals surface area (Å²) in [7, 11) is -3.87. The Kier molecular flexibility index (Phi) is 6.47. The van der Waals surface area contributed by atoms with Gasteiger partial charge in [0, 0.05) is 18.8 Å². The van der Waals surface area contributed by atoms with Crippen LogP contribution in [0.2, 0.25) is 0 Å². The van der Waals surface area contributed by atoms with Gasteiger partial charge in [-0.2, -0.15) is 0 Å². The first-order valence-electron chi connectivity index (χ1n) is 10.0. The van der Waals surface area contributed by atoms with Gasteiger partial charge in [-0.05, 0) is 61.1 Å². The minimum Gasteiger partial charge on any atom is -0.478 e. The summed E-state index contributed by atoms with van der Waals surface area (Å²) in [5, 5.41) is 9.64. The third kappa shape index (κ3) is 5.09. The number of carboxylic acids is 1. The van der Waals surface area contributed by atoms with Crippen LogP contribution in [0.4, 0.5) is 11.4 Å². The highest BCUT2D eigenvalue weighted by atomic mass is 32.2. The predicted octanol–water partition coefficient (Wildman–Crippen LogP) is 4.37. The molecule has 1 fully saturated rings. The van der Waals surface area contributed by atoms with E-state index >= 15 is 0 Å². The second kappa shape index (κ2) is 8.86. The number of piperidine rings is 1. The number of aromatic carboxylic acids is 1. The Labute approximate surface area is 172 Å². The number of carboxylic acid groups (broad SMARTS) is 1. The molecule has 1 aliphatic rings. The van der Waals surface area contributed by atoms with E-state index in [2.05, 4.69) is 23.5 Å². The molecule has 29 heavy (non-hydrogen) atoms. The zero-order valence-electron chi connectivity index (χ0n) is 16.9. The van der Waals surface area contributed by atoms with Gasteiger partial charge in [0.1, 0.15) is 0 Å². The summed E-state index contributed by atoms with van der Waals surface area (Å²) in [6, 6.07) is 11.6. The maximum absolute atomic E-state index is 12.8. The van der Waals surface area contributed by atoms with Gasteiger partial charge in [0.15, 0.2) is 0 Å². The minimum absolute atomic E-state index is 0.0488. The fraction of sp³-hybridized carbons (Fsp3) is 0.409. The van der Waals surface area contributed by atoms with Crippen LogP contribution in [-0.2, 0) is 16.4 Å². The molecule has 0 saturated carbocycles. The van der Waals surface area contributed by atoms with Crippen LogP contribution in [0.25, 0.3) is 0 Å². The number of benzene rings is 2. The molecule has 2 aromatic rings. The first kappa shape index (κ1) is 21.2. The number of sulfonamides is 1. The fourth-order valence-electron chi connectivity index (χ4n) is 3.59. The van der Waals surface area contributed by atoms with Gasteiger partial charge in [-0.25, -0.2) is 13.2 Å². The van der Waals surface area contributed by atoms with Crippen LogP contribution in [0, 0.1) is 5.92 Å². The van der Waals surface area contributed by atoms with Gasteiger partial charge in [0.05, 0.1) is 16.1 Å². The average molecular weight is 417 g/mol. The number of anilines is 2. The lowest BCUT2D eigenvalue weighted by molar-refractivity contribution is 0.0698. The molecule has 0 aliphatic carbocycles. The van der Waals surface area contributed by atoms with Gasteiger partial charge in [-0.3, -0.25) is 4.72 Å². The molecule has 0 aromatic heterocycles. The molecule has 0 atom stereocenters. The van der Waals surface area contributed by atoms with E-state index in [1.165, 1.54) is 0 Å². The van der Waals surface area contributed by atoms with Crippen LogP contribution in [-0.4, -0.2) is 32.6 Å². The molecule has 1 saturated heterocycles. The Balaban J connectivity index is 1.84. The highest BCUT2D eigenvalue weighted by Gasteiger charge is 2.22. The SMILES string of the molecule is CCCc1ccc(S(=O)(=O)Nc2ccc(N3CCC(C)CC3)cc2C(=O)O)cc1. The first-order chi connectivity index (χ1) is 13.8. The lowest BCUT2D eigenvalue weighted by Crippen LogP contribution is -2.32. The van der Waals surface area contributed by atoms with Gasteiger partial charge >= 0.3 is 5.97 Å². The summed E-state index contributed by atoms with van der Waals surface area (Å²) < 4.78 is 28.0. The predicted molar refractivity (Wildman–Crippen MR) is 115 cm³/mol. The van der Waals surface area contributed by atoms with E-state index in [-0.39, 0.29) is 16.1 Å².